The van der Waals surface area contributed by atoms with Crippen LogP contribution >= 0.6 is 0 Å². The summed E-state index contributed by atoms with van der Waals surface area (Å²) in [5.74, 6) is 0. The van der Waals surface area contributed by atoms with Crippen molar-refractivity contribution in [2.45, 2.75) is 110 Å². The van der Waals surface area contributed by atoms with Gasteiger partial charge in [0.1, 0.15) is 28.2 Å². The van der Waals surface area contributed by atoms with E-state index >= 15 is 0 Å². The van der Waals surface area contributed by atoms with Crippen molar-refractivity contribution >= 4 is 0 Å². The Morgan fingerprint density at radius 3 is 0.689 bits per heavy atom. The molecule has 0 saturated heterocycles. The monoisotopic (exact) mass is 812 g/mol. The molecule has 0 spiro atoms. The van der Waals surface area contributed by atoms with Gasteiger partial charge in [0, 0.05) is 44.4 Å². The van der Waals surface area contributed by atoms with Crippen molar-refractivity contribution in [2.24, 2.45) is 0 Å². The first-order chi connectivity index (χ1) is 28.7. The molecule has 12 heteroatoms. The smallest absolute Gasteiger partial charge is 0.138 e. The minimum Gasteiger partial charge on any atom is -0.281 e. The molecule has 0 bridgehead atoms. The van der Waals surface area contributed by atoms with Gasteiger partial charge in [-0.3, -0.25) is 20.4 Å². The van der Waals surface area contributed by atoms with E-state index in [1.165, 1.54) is 0 Å². The molecule has 0 aromatic carbocycles. The summed E-state index contributed by atoms with van der Waals surface area (Å²) in [6.07, 6.45) is 0. The molecule has 0 fully saturated rings. The van der Waals surface area contributed by atoms with Crippen LogP contribution in [0.25, 0.3) is 45.6 Å². The fraction of sp³-hybridized carbons (Fsp3) is 0.347. The van der Waals surface area contributed by atoms with Crippen LogP contribution in [0.3, 0.4) is 0 Å². The summed E-state index contributed by atoms with van der Waals surface area (Å²) >= 11 is 0. The number of aromatic nitrogens is 12. The Hall–Kier alpha value is -6.56. The Morgan fingerprint density at radius 1 is 0.295 bits per heavy atom. The first kappa shape index (κ1) is 41.2. The molecule has 12 nitrogen and oxygen atoms in total. The highest BCUT2D eigenvalue weighted by Crippen LogP contribution is 2.44. The highest BCUT2D eigenvalue weighted by atomic mass is 15.2. The summed E-state index contributed by atoms with van der Waals surface area (Å²) in [7, 11) is 0. The minimum atomic E-state index is -1.28. The van der Waals surface area contributed by atoms with E-state index in [9.17, 15) is 0 Å². The molecule has 4 N–H and O–H groups in total. The summed E-state index contributed by atoms with van der Waals surface area (Å²) in [5.41, 5.74) is 10.6. The van der Waals surface area contributed by atoms with Crippen LogP contribution in [0.15, 0.2) is 97.1 Å². The number of nitrogens with zero attached hydrogens (tertiary/aromatic N) is 8. The van der Waals surface area contributed by atoms with Gasteiger partial charge in [-0.1, -0.05) is 107 Å². The van der Waals surface area contributed by atoms with Gasteiger partial charge in [-0.25, -0.2) is 19.9 Å². The van der Waals surface area contributed by atoms with E-state index in [-0.39, 0.29) is 21.7 Å². The zero-order chi connectivity index (χ0) is 43.5. The van der Waals surface area contributed by atoms with Gasteiger partial charge in [0.15, 0.2) is 0 Å². The third-order valence-corrected chi connectivity index (χ3v) is 11.1. The van der Waals surface area contributed by atoms with E-state index < -0.39 is 5.41 Å². The first-order valence-corrected chi connectivity index (χ1v) is 20.9. The van der Waals surface area contributed by atoms with E-state index in [4.69, 9.17) is 40.3 Å². The standard InChI is InChI=1S/C49H56N12/c1-45(2,3)41-25-33(54-58-41)29-17-13-21-37(50-29)49(38-22-14-18-30(51-38)34-26-42(59-55-34)46(4,5)6,39-23-15-19-31(52-39)35-27-43(60-56-35)47(7,8)9)40-24-16-20-32(53-40)36-28-44(61-57-36)48(10,11)12/h13-28H,1-12H3,(H,54,58)(H,55,59)(H,56,60)(H,57,61). The van der Waals surface area contributed by atoms with Gasteiger partial charge in [-0.2, -0.15) is 20.4 Å². The summed E-state index contributed by atoms with van der Waals surface area (Å²) in [5, 5.41) is 32.0. The molecular weight excluding hydrogens is 757 g/mol. The third-order valence-electron chi connectivity index (χ3n) is 11.1. The molecule has 0 aliphatic heterocycles. The SMILES string of the molecule is CC(C)(C)c1cc(-c2cccc(C(c3cccc(-c4cc(C(C)(C)C)[nH]n4)n3)(c3cccc(-c4cc(C(C)(C)C)[nH]n4)n3)c3cccc(-c4cc(C(C)(C)C)[nH]n4)n3)n2)n[nH]1. The Bertz CT molecular complexity index is 2430. The Kier molecular flexibility index (Phi) is 10.0. The van der Waals surface area contributed by atoms with Crippen molar-refractivity contribution in [2.75, 3.05) is 0 Å². The van der Waals surface area contributed by atoms with Crippen LogP contribution in [-0.4, -0.2) is 60.7 Å². The van der Waals surface area contributed by atoms with Crippen LogP contribution in [0.1, 0.15) is 129 Å². The normalized spacial score (nSPS) is 12.9. The number of hydrogen-bond donors (Lipinski definition) is 4. The quantitative estimate of drug-likeness (QED) is 0.118. The van der Waals surface area contributed by atoms with Gasteiger partial charge >= 0.3 is 0 Å². The number of rotatable bonds is 8. The molecule has 0 radical (unpaired) electrons. The lowest BCUT2D eigenvalue weighted by Crippen LogP contribution is -2.35. The molecule has 0 aliphatic carbocycles. The average Bonchev–Trinajstić information content (AvgIpc) is 4.05. The van der Waals surface area contributed by atoms with Crippen LogP contribution < -0.4 is 0 Å². The number of H-pyrrole nitrogens is 4. The van der Waals surface area contributed by atoms with Gasteiger partial charge in [-0.05, 0) is 72.8 Å². The molecule has 8 heterocycles. The molecule has 0 aliphatic rings. The molecule has 0 atom stereocenters. The summed E-state index contributed by atoms with van der Waals surface area (Å²) in [6, 6.07) is 32.4. The lowest BCUT2D eigenvalue weighted by molar-refractivity contribution is 0.566. The van der Waals surface area contributed by atoms with E-state index in [0.717, 1.165) is 45.6 Å². The topological polar surface area (TPSA) is 166 Å². The van der Waals surface area contributed by atoms with Crippen molar-refractivity contribution in [3.8, 4) is 45.6 Å². The fourth-order valence-electron chi connectivity index (χ4n) is 7.28. The Labute approximate surface area is 358 Å². The zero-order valence-corrected chi connectivity index (χ0v) is 37.3. The molecule has 0 unspecified atom stereocenters. The number of aromatic amines is 4. The highest BCUT2D eigenvalue weighted by Gasteiger charge is 2.45. The van der Waals surface area contributed by atoms with E-state index in [1.807, 2.05) is 72.8 Å². The predicted octanol–water partition coefficient (Wildman–Crippen LogP) is 10.4. The van der Waals surface area contributed by atoms with E-state index in [2.05, 4.69) is 128 Å². The maximum atomic E-state index is 5.49. The van der Waals surface area contributed by atoms with Gasteiger partial charge in [0.05, 0.1) is 45.6 Å². The molecular formula is C49H56N12. The second-order valence-corrected chi connectivity index (χ2v) is 20.0. The first-order valence-electron chi connectivity index (χ1n) is 20.9. The van der Waals surface area contributed by atoms with Crippen LogP contribution in [0, 0.1) is 0 Å². The van der Waals surface area contributed by atoms with E-state index in [0.29, 0.717) is 45.6 Å². The van der Waals surface area contributed by atoms with Crippen molar-refractivity contribution in [3.05, 3.63) is 143 Å². The minimum absolute atomic E-state index is 0.136. The van der Waals surface area contributed by atoms with Gasteiger partial charge in [0.2, 0.25) is 0 Å². The number of hydrogen-bond acceptors (Lipinski definition) is 8. The second kappa shape index (κ2) is 14.9. The van der Waals surface area contributed by atoms with Crippen LogP contribution in [0.2, 0.25) is 0 Å². The molecule has 8 rings (SSSR count). The molecule has 61 heavy (non-hydrogen) atoms. The number of nitrogens with one attached hydrogen (secondary N) is 4. The predicted molar refractivity (Wildman–Crippen MR) is 241 cm³/mol. The van der Waals surface area contributed by atoms with Crippen LogP contribution in [0.5, 0.6) is 0 Å². The summed E-state index contributed by atoms with van der Waals surface area (Å²) in [4.78, 5) is 22.0. The third kappa shape index (κ3) is 7.94. The zero-order valence-electron chi connectivity index (χ0n) is 37.3. The molecule has 8 aromatic heterocycles. The lowest BCUT2D eigenvalue weighted by atomic mass is 9.73. The van der Waals surface area contributed by atoms with E-state index in [1.54, 1.807) is 0 Å². The highest BCUT2D eigenvalue weighted by molar-refractivity contribution is 5.65. The van der Waals surface area contributed by atoms with Gasteiger partial charge in [-0.15, -0.1) is 0 Å². The maximum Gasteiger partial charge on any atom is 0.138 e. The van der Waals surface area contributed by atoms with Crippen molar-refractivity contribution in [1.29, 1.82) is 0 Å². The maximum absolute atomic E-state index is 5.49. The van der Waals surface area contributed by atoms with Crippen molar-refractivity contribution in [1.82, 2.24) is 60.7 Å². The molecule has 0 amide bonds. The summed E-state index contributed by atoms with van der Waals surface area (Å²) in [6.45, 7) is 25.9. The van der Waals surface area contributed by atoms with Crippen molar-refractivity contribution < 1.29 is 0 Å². The largest absolute Gasteiger partial charge is 0.281 e. The van der Waals surface area contributed by atoms with Crippen LogP contribution in [-0.2, 0) is 27.1 Å². The molecule has 312 valence electrons. The van der Waals surface area contributed by atoms with Crippen LogP contribution in [0.4, 0.5) is 0 Å². The lowest BCUT2D eigenvalue weighted by Gasteiger charge is -2.33. The van der Waals surface area contributed by atoms with Gasteiger partial charge < -0.3 is 0 Å². The Morgan fingerprint density at radius 2 is 0.508 bits per heavy atom. The van der Waals surface area contributed by atoms with Crippen molar-refractivity contribution in [3.63, 3.8) is 0 Å². The molecule has 8 aromatic rings. The number of pyridine rings is 4. The summed E-state index contributed by atoms with van der Waals surface area (Å²) < 4.78 is 0. The fourth-order valence-corrected chi connectivity index (χ4v) is 7.28. The second-order valence-electron chi connectivity index (χ2n) is 20.0. The Balaban J connectivity index is 1.44. The molecule has 0 saturated carbocycles. The van der Waals surface area contributed by atoms with Gasteiger partial charge in [0.25, 0.3) is 0 Å². The average molecular weight is 813 g/mol.